The van der Waals surface area contributed by atoms with E-state index in [-0.39, 0.29) is 11.4 Å². The number of benzene rings is 1. The summed E-state index contributed by atoms with van der Waals surface area (Å²) in [5.74, 6) is 0.0139. The smallest absolute Gasteiger partial charge is 0.221 e. The molecule has 0 radical (unpaired) electrons. The van der Waals surface area contributed by atoms with Crippen molar-refractivity contribution in [3.8, 4) is 0 Å². The maximum Gasteiger partial charge on any atom is 0.221 e. The van der Waals surface area contributed by atoms with Gasteiger partial charge in [-0.3, -0.25) is 4.79 Å². The van der Waals surface area contributed by atoms with Gasteiger partial charge in [0.2, 0.25) is 5.91 Å². The van der Waals surface area contributed by atoms with Crippen molar-refractivity contribution >= 4 is 17.5 Å². The summed E-state index contributed by atoms with van der Waals surface area (Å²) in [6, 6.07) is 7.66. The Morgan fingerprint density at radius 1 is 1.50 bits per heavy atom. The Morgan fingerprint density at radius 2 is 2.25 bits per heavy atom. The van der Waals surface area contributed by atoms with Crippen LogP contribution in [0, 0.1) is 0 Å². The average Bonchev–Trinajstić information content (AvgIpc) is 2.99. The first-order valence-electron chi connectivity index (χ1n) is 5.43. The van der Waals surface area contributed by atoms with Crippen molar-refractivity contribution in [1.29, 1.82) is 0 Å². The Kier molecular flexibility index (Phi) is 3.17. The average molecular weight is 239 g/mol. The minimum atomic E-state index is -0.183. The molecule has 4 heteroatoms. The van der Waals surface area contributed by atoms with E-state index in [0.717, 1.165) is 18.4 Å². The predicted molar refractivity (Wildman–Crippen MR) is 64.2 cm³/mol. The molecule has 1 aromatic carbocycles. The third-order valence-corrected chi connectivity index (χ3v) is 3.11. The highest BCUT2D eigenvalue weighted by Crippen LogP contribution is 2.45. The van der Waals surface area contributed by atoms with E-state index in [1.54, 1.807) is 0 Å². The zero-order valence-electron chi connectivity index (χ0n) is 9.00. The molecule has 3 N–H and O–H groups in total. The van der Waals surface area contributed by atoms with Gasteiger partial charge in [-0.2, -0.15) is 0 Å². The molecule has 1 aromatic rings. The molecule has 2 rings (SSSR count). The summed E-state index contributed by atoms with van der Waals surface area (Å²) in [5.41, 5.74) is 6.25. The Hall–Kier alpha value is -1.06. The minimum absolute atomic E-state index is 0.0139. The summed E-state index contributed by atoms with van der Waals surface area (Å²) in [6.45, 7) is 0.386. The van der Waals surface area contributed by atoms with Gasteiger partial charge in [0.05, 0.1) is 5.54 Å². The fraction of sp³-hybridized carbons (Fsp3) is 0.417. The zero-order chi connectivity index (χ0) is 11.6. The molecular formula is C12H15ClN2O. The van der Waals surface area contributed by atoms with Crippen molar-refractivity contribution in [2.24, 2.45) is 5.73 Å². The van der Waals surface area contributed by atoms with Crippen molar-refractivity contribution in [2.75, 3.05) is 6.54 Å². The molecule has 1 amide bonds. The van der Waals surface area contributed by atoms with Crippen LogP contribution in [0.2, 0.25) is 5.02 Å². The monoisotopic (exact) mass is 238 g/mol. The number of amides is 1. The molecule has 0 aliphatic heterocycles. The summed E-state index contributed by atoms with van der Waals surface area (Å²) < 4.78 is 0. The summed E-state index contributed by atoms with van der Waals surface area (Å²) >= 11 is 5.94. The van der Waals surface area contributed by atoms with E-state index in [0.29, 0.717) is 18.0 Å². The maximum absolute atomic E-state index is 11.5. The highest BCUT2D eigenvalue weighted by molar-refractivity contribution is 6.30. The third-order valence-electron chi connectivity index (χ3n) is 2.88. The number of halogens is 1. The summed E-state index contributed by atoms with van der Waals surface area (Å²) in [4.78, 5) is 11.5. The lowest BCUT2D eigenvalue weighted by Gasteiger charge is -2.18. The minimum Gasteiger partial charge on any atom is -0.347 e. The van der Waals surface area contributed by atoms with Gasteiger partial charge in [-0.15, -0.1) is 0 Å². The second kappa shape index (κ2) is 4.44. The number of hydrogen-bond donors (Lipinski definition) is 2. The van der Waals surface area contributed by atoms with Crippen LogP contribution in [0.5, 0.6) is 0 Å². The summed E-state index contributed by atoms with van der Waals surface area (Å²) in [6.07, 6.45) is 2.33. The number of carbonyl (C=O) groups excluding carboxylic acids is 1. The van der Waals surface area contributed by atoms with E-state index in [1.807, 2.05) is 24.3 Å². The van der Waals surface area contributed by atoms with Crippen LogP contribution in [0.1, 0.15) is 24.8 Å². The van der Waals surface area contributed by atoms with E-state index in [2.05, 4.69) is 5.32 Å². The van der Waals surface area contributed by atoms with Gasteiger partial charge in [-0.1, -0.05) is 23.7 Å². The molecular weight excluding hydrogens is 224 g/mol. The fourth-order valence-corrected chi connectivity index (χ4v) is 2.05. The lowest BCUT2D eigenvalue weighted by molar-refractivity contribution is -0.121. The van der Waals surface area contributed by atoms with Gasteiger partial charge in [0, 0.05) is 18.0 Å². The number of nitrogens with one attached hydrogen (secondary N) is 1. The SMILES string of the molecule is NCCC(=O)NC1(c2cccc(Cl)c2)CC1. The van der Waals surface area contributed by atoms with Crippen molar-refractivity contribution in [3.63, 3.8) is 0 Å². The summed E-state index contributed by atoms with van der Waals surface area (Å²) in [7, 11) is 0. The standard InChI is InChI=1S/C12H15ClN2O/c13-10-3-1-2-9(8-10)12(5-6-12)15-11(16)4-7-14/h1-3,8H,4-7,14H2,(H,15,16). The van der Waals surface area contributed by atoms with Gasteiger partial charge in [-0.05, 0) is 30.5 Å². The number of rotatable bonds is 4. The molecule has 0 spiro atoms. The largest absolute Gasteiger partial charge is 0.347 e. The van der Waals surface area contributed by atoms with Crippen LogP contribution >= 0.6 is 11.6 Å². The van der Waals surface area contributed by atoms with Gasteiger partial charge in [0.1, 0.15) is 0 Å². The van der Waals surface area contributed by atoms with Gasteiger partial charge in [-0.25, -0.2) is 0 Å². The molecule has 0 aromatic heterocycles. The van der Waals surface area contributed by atoms with Crippen molar-refractivity contribution < 1.29 is 4.79 Å². The lowest BCUT2D eigenvalue weighted by atomic mass is 10.0. The molecule has 16 heavy (non-hydrogen) atoms. The normalized spacial score (nSPS) is 16.9. The molecule has 0 bridgehead atoms. The van der Waals surface area contributed by atoms with Gasteiger partial charge < -0.3 is 11.1 Å². The van der Waals surface area contributed by atoms with Crippen molar-refractivity contribution in [1.82, 2.24) is 5.32 Å². The molecule has 86 valence electrons. The van der Waals surface area contributed by atoms with E-state index in [4.69, 9.17) is 17.3 Å². The molecule has 1 saturated carbocycles. The fourth-order valence-electron chi connectivity index (χ4n) is 1.86. The molecule has 0 saturated heterocycles. The first-order chi connectivity index (χ1) is 7.66. The van der Waals surface area contributed by atoms with Gasteiger partial charge in [0.25, 0.3) is 0 Å². The van der Waals surface area contributed by atoms with Crippen LogP contribution in [-0.4, -0.2) is 12.5 Å². The highest BCUT2D eigenvalue weighted by atomic mass is 35.5. The van der Waals surface area contributed by atoms with E-state index < -0.39 is 0 Å². The second-order valence-corrected chi connectivity index (χ2v) is 4.62. The first-order valence-corrected chi connectivity index (χ1v) is 5.81. The van der Waals surface area contributed by atoms with Crippen LogP contribution in [0.25, 0.3) is 0 Å². The third kappa shape index (κ3) is 2.36. The van der Waals surface area contributed by atoms with Crippen molar-refractivity contribution in [3.05, 3.63) is 34.9 Å². The Bertz CT molecular complexity index is 402. The summed E-state index contributed by atoms with van der Waals surface area (Å²) in [5, 5.41) is 3.74. The predicted octanol–water partition coefficient (Wildman–Crippen LogP) is 1.79. The number of hydrogen-bond acceptors (Lipinski definition) is 2. The molecule has 0 unspecified atom stereocenters. The van der Waals surface area contributed by atoms with E-state index in [1.165, 1.54) is 0 Å². The quantitative estimate of drug-likeness (QED) is 0.841. The van der Waals surface area contributed by atoms with Crippen LogP contribution in [-0.2, 0) is 10.3 Å². The lowest BCUT2D eigenvalue weighted by Crippen LogP contribution is -2.35. The Morgan fingerprint density at radius 3 is 2.81 bits per heavy atom. The van der Waals surface area contributed by atoms with Crippen LogP contribution in [0.4, 0.5) is 0 Å². The van der Waals surface area contributed by atoms with Crippen LogP contribution < -0.4 is 11.1 Å². The number of nitrogens with two attached hydrogens (primary N) is 1. The maximum atomic E-state index is 11.5. The molecule has 3 nitrogen and oxygen atoms in total. The van der Waals surface area contributed by atoms with E-state index in [9.17, 15) is 4.79 Å². The van der Waals surface area contributed by atoms with Crippen molar-refractivity contribution in [2.45, 2.75) is 24.8 Å². The zero-order valence-corrected chi connectivity index (χ0v) is 9.76. The molecule has 1 aliphatic rings. The molecule has 1 aliphatic carbocycles. The first kappa shape index (κ1) is 11.4. The molecule has 1 fully saturated rings. The Balaban J connectivity index is 2.11. The van der Waals surface area contributed by atoms with Crippen LogP contribution in [0.15, 0.2) is 24.3 Å². The van der Waals surface area contributed by atoms with E-state index >= 15 is 0 Å². The van der Waals surface area contributed by atoms with Gasteiger partial charge in [0.15, 0.2) is 0 Å². The highest BCUT2D eigenvalue weighted by Gasteiger charge is 2.45. The molecule has 0 heterocycles. The molecule has 0 atom stereocenters. The van der Waals surface area contributed by atoms with Crippen LogP contribution in [0.3, 0.4) is 0 Å². The topological polar surface area (TPSA) is 55.1 Å². The second-order valence-electron chi connectivity index (χ2n) is 4.18. The van der Waals surface area contributed by atoms with Gasteiger partial charge >= 0.3 is 0 Å². The Labute approximate surface area is 100.0 Å². The number of carbonyl (C=O) groups is 1.